The molecule has 0 atom stereocenters. The van der Waals surface area contributed by atoms with Gasteiger partial charge in [0.1, 0.15) is 24.7 Å². The molecule has 1 aromatic carbocycles. The molecule has 2 N–H and O–H groups in total. The molecular formula is C23H27ClN6O3. The van der Waals surface area contributed by atoms with E-state index in [1.54, 1.807) is 36.5 Å². The number of hydrogen-bond acceptors (Lipinski definition) is 6. The highest BCUT2D eigenvalue weighted by Gasteiger charge is 2.12. The maximum absolute atomic E-state index is 12.4. The number of hydrogen-bond donors (Lipinski definition) is 2. The molecule has 3 rings (SSSR count). The van der Waals surface area contributed by atoms with Gasteiger partial charge in [-0.3, -0.25) is 14.3 Å². The fraction of sp³-hybridized carbons (Fsp3) is 0.304. The van der Waals surface area contributed by atoms with Crippen molar-refractivity contribution in [3.63, 3.8) is 0 Å². The van der Waals surface area contributed by atoms with Crippen molar-refractivity contribution in [3.8, 4) is 5.75 Å². The number of aromatic nitrogens is 3. The molecule has 0 bridgehead atoms. The maximum Gasteiger partial charge on any atom is 0.244 e. The topological polar surface area (TPSA) is 101 Å². The predicted molar refractivity (Wildman–Crippen MR) is 128 cm³/mol. The van der Waals surface area contributed by atoms with Crippen LogP contribution in [-0.2, 0) is 16.1 Å². The largest absolute Gasteiger partial charge is 0.492 e. The molecule has 0 aliphatic carbocycles. The lowest BCUT2D eigenvalue weighted by atomic mass is 10.2. The first-order chi connectivity index (χ1) is 15.9. The molecule has 3 aromatic rings. The summed E-state index contributed by atoms with van der Waals surface area (Å²) < 4.78 is 7.15. The zero-order valence-corrected chi connectivity index (χ0v) is 19.4. The Hall–Kier alpha value is -3.59. The lowest BCUT2D eigenvalue weighted by Gasteiger charge is -2.17. The van der Waals surface area contributed by atoms with Crippen molar-refractivity contribution in [2.75, 3.05) is 37.4 Å². The number of likely N-dealkylation sites (N-methyl/N-ethyl adjacent to an activating group) is 1. The Morgan fingerprint density at radius 3 is 2.76 bits per heavy atom. The summed E-state index contributed by atoms with van der Waals surface area (Å²) in [5.41, 5.74) is 1.68. The summed E-state index contributed by atoms with van der Waals surface area (Å²) in [5.74, 6) is 1.00. The van der Waals surface area contributed by atoms with Gasteiger partial charge in [-0.15, -0.1) is 0 Å². The predicted octanol–water partition coefficient (Wildman–Crippen LogP) is 3.22. The Morgan fingerprint density at radius 2 is 2.00 bits per heavy atom. The SMILES string of the molecule is Cc1ccc(OCCN(C)C(=O)Cn2cc(NC(=O)CCNc3ncccc3Cl)cn2)cc1. The number of amides is 2. The molecule has 2 heterocycles. The third-order valence-electron chi connectivity index (χ3n) is 4.76. The quantitative estimate of drug-likeness (QED) is 0.446. The van der Waals surface area contributed by atoms with Crippen LogP contribution in [0.4, 0.5) is 11.5 Å². The zero-order chi connectivity index (χ0) is 23.6. The van der Waals surface area contributed by atoms with Crippen molar-refractivity contribution < 1.29 is 14.3 Å². The summed E-state index contributed by atoms with van der Waals surface area (Å²) >= 11 is 6.02. The summed E-state index contributed by atoms with van der Waals surface area (Å²) in [5, 5.41) is 10.4. The van der Waals surface area contributed by atoms with Gasteiger partial charge in [0.05, 0.1) is 23.5 Å². The van der Waals surface area contributed by atoms with Gasteiger partial charge in [0.2, 0.25) is 11.8 Å². The van der Waals surface area contributed by atoms with Crippen LogP contribution in [0, 0.1) is 6.92 Å². The van der Waals surface area contributed by atoms with Crippen molar-refractivity contribution >= 4 is 34.9 Å². The van der Waals surface area contributed by atoms with Crippen molar-refractivity contribution in [1.82, 2.24) is 19.7 Å². The number of ether oxygens (including phenoxy) is 1. The van der Waals surface area contributed by atoms with Crippen LogP contribution in [0.1, 0.15) is 12.0 Å². The number of nitrogens with zero attached hydrogens (tertiary/aromatic N) is 4. The normalized spacial score (nSPS) is 10.5. The summed E-state index contributed by atoms with van der Waals surface area (Å²) in [6, 6.07) is 11.2. The highest BCUT2D eigenvalue weighted by molar-refractivity contribution is 6.32. The van der Waals surface area contributed by atoms with Crippen LogP contribution in [0.15, 0.2) is 55.0 Å². The van der Waals surface area contributed by atoms with Gasteiger partial charge in [-0.2, -0.15) is 5.10 Å². The van der Waals surface area contributed by atoms with Crippen molar-refractivity contribution in [1.29, 1.82) is 0 Å². The minimum Gasteiger partial charge on any atom is -0.492 e. The Kier molecular flexibility index (Phi) is 8.65. The van der Waals surface area contributed by atoms with Crippen molar-refractivity contribution in [2.24, 2.45) is 0 Å². The number of anilines is 2. The number of nitrogens with one attached hydrogen (secondary N) is 2. The Balaban J connectivity index is 1.37. The van der Waals surface area contributed by atoms with Crippen LogP contribution in [-0.4, -0.2) is 58.2 Å². The van der Waals surface area contributed by atoms with E-state index in [1.165, 1.54) is 10.9 Å². The van der Waals surface area contributed by atoms with Crippen LogP contribution in [0.25, 0.3) is 0 Å². The molecule has 2 amide bonds. The van der Waals surface area contributed by atoms with Gasteiger partial charge in [-0.05, 0) is 31.2 Å². The Bertz CT molecular complexity index is 1070. The summed E-state index contributed by atoms with van der Waals surface area (Å²) in [6.07, 6.45) is 4.98. The molecule has 10 heteroatoms. The second-order valence-corrected chi connectivity index (χ2v) is 7.87. The number of benzene rings is 1. The van der Waals surface area contributed by atoms with Gasteiger partial charge in [0.15, 0.2) is 0 Å². The Morgan fingerprint density at radius 1 is 1.21 bits per heavy atom. The third-order valence-corrected chi connectivity index (χ3v) is 5.06. The minimum atomic E-state index is -0.189. The molecule has 0 spiro atoms. The molecule has 0 unspecified atom stereocenters. The Labute approximate surface area is 197 Å². The molecule has 0 radical (unpaired) electrons. The monoisotopic (exact) mass is 470 g/mol. The maximum atomic E-state index is 12.4. The summed E-state index contributed by atoms with van der Waals surface area (Å²) in [7, 11) is 1.72. The molecule has 9 nitrogen and oxygen atoms in total. The first kappa shape index (κ1) is 24.1. The number of carbonyl (C=O) groups excluding carboxylic acids is 2. The first-order valence-corrected chi connectivity index (χ1v) is 10.9. The van der Waals surface area contributed by atoms with Crippen molar-refractivity contribution in [2.45, 2.75) is 19.9 Å². The summed E-state index contributed by atoms with van der Waals surface area (Å²) in [6.45, 7) is 3.30. The van der Waals surface area contributed by atoms with Crippen LogP contribution in [0.3, 0.4) is 0 Å². The standard InChI is InChI=1S/C23H27ClN6O3/c1-17-5-7-19(8-6-17)33-13-12-29(2)22(32)16-30-15-18(14-27-30)28-21(31)9-11-26-23-20(24)4-3-10-25-23/h3-8,10,14-15H,9,11-13,16H2,1-2H3,(H,25,26)(H,28,31). The van der Waals surface area contributed by atoms with Gasteiger partial charge in [-0.25, -0.2) is 4.98 Å². The van der Waals surface area contributed by atoms with E-state index >= 15 is 0 Å². The highest BCUT2D eigenvalue weighted by Crippen LogP contribution is 2.17. The third kappa shape index (κ3) is 7.80. The van der Waals surface area contributed by atoms with E-state index in [1.807, 2.05) is 31.2 Å². The van der Waals surface area contributed by atoms with E-state index < -0.39 is 0 Å². The van der Waals surface area contributed by atoms with Gasteiger partial charge < -0.3 is 20.3 Å². The molecule has 0 saturated heterocycles. The van der Waals surface area contributed by atoms with Crippen LogP contribution >= 0.6 is 11.6 Å². The van der Waals surface area contributed by atoms with Gasteiger partial charge in [0, 0.05) is 32.4 Å². The van der Waals surface area contributed by atoms with Gasteiger partial charge >= 0.3 is 0 Å². The van der Waals surface area contributed by atoms with Gasteiger partial charge in [0.25, 0.3) is 0 Å². The van der Waals surface area contributed by atoms with E-state index in [9.17, 15) is 9.59 Å². The van der Waals surface area contributed by atoms with E-state index in [0.29, 0.717) is 36.2 Å². The van der Waals surface area contributed by atoms with Crippen LogP contribution in [0.2, 0.25) is 5.02 Å². The van der Waals surface area contributed by atoms with Gasteiger partial charge in [-0.1, -0.05) is 29.3 Å². The number of carbonyl (C=O) groups is 2. The van der Waals surface area contributed by atoms with E-state index in [2.05, 4.69) is 20.7 Å². The van der Waals surface area contributed by atoms with Crippen LogP contribution in [0.5, 0.6) is 5.75 Å². The summed E-state index contributed by atoms with van der Waals surface area (Å²) in [4.78, 5) is 30.3. The van der Waals surface area contributed by atoms with Crippen molar-refractivity contribution in [3.05, 3.63) is 65.6 Å². The average Bonchev–Trinajstić information content (AvgIpc) is 3.22. The fourth-order valence-corrected chi connectivity index (χ4v) is 3.06. The number of rotatable bonds is 11. The minimum absolute atomic E-state index is 0.0661. The first-order valence-electron chi connectivity index (χ1n) is 10.5. The lowest BCUT2D eigenvalue weighted by Crippen LogP contribution is -2.33. The molecule has 0 fully saturated rings. The molecule has 33 heavy (non-hydrogen) atoms. The van der Waals surface area contributed by atoms with E-state index in [-0.39, 0.29) is 24.8 Å². The molecule has 2 aromatic heterocycles. The average molecular weight is 471 g/mol. The van der Waals surface area contributed by atoms with E-state index in [4.69, 9.17) is 16.3 Å². The molecular weight excluding hydrogens is 444 g/mol. The van der Waals surface area contributed by atoms with Crippen LogP contribution < -0.4 is 15.4 Å². The highest BCUT2D eigenvalue weighted by atomic mass is 35.5. The van der Waals surface area contributed by atoms with E-state index in [0.717, 1.165) is 11.3 Å². The number of pyridine rings is 1. The number of halogens is 1. The second kappa shape index (κ2) is 11.9. The molecule has 0 aliphatic rings. The zero-order valence-electron chi connectivity index (χ0n) is 18.6. The smallest absolute Gasteiger partial charge is 0.244 e. The molecule has 0 saturated carbocycles. The molecule has 0 aliphatic heterocycles. The second-order valence-electron chi connectivity index (χ2n) is 7.46. The number of aryl methyl sites for hydroxylation is 1. The fourth-order valence-electron chi connectivity index (χ4n) is 2.87. The molecule has 174 valence electrons. The lowest BCUT2D eigenvalue weighted by molar-refractivity contribution is -0.131.